The van der Waals surface area contributed by atoms with Gasteiger partial charge >= 0.3 is 0 Å². The van der Waals surface area contributed by atoms with E-state index in [1.165, 1.54) is 11.1 Å². The molecule has 20 heavy (non-hydrogen) atoms. The number of thiol groups is 1. The van der Waals surface area contributed by atoms with E-state index in [2.05, 4.69) is 79.3 Å². The first-order valence-electron chi connectivity index (χ1n) is 7.40. The molecule has 0 saturated carbocycles. The molecule has 0 aliphatic heterocycles. The maximum atomic E-state index is 6.18. The molecule has 1 nitrogen and oxygen atoms in total. The first-order chi connectivity index (χ1) is 9.05. The number of benzene rings is 1. The number of hydrogen-bond acceptors (Lipinski definition) is 2. The van der Waals surface area contributed by atoms with E-state index in [0.29, 0.717) is 5.92 Å². The summed E-state index contributed by atoms with van der Waals surface area (Å²) in [6.07, 6.45) is 0. The molecule has 0 fully saturated rings. The van der Waals surface area contributed by atoms with Gasteiger partial charge in [0.25, 0.3) is 0 Å². The third-order valence-corrected chi connectivity index (χ3v) is 4.27. The van der Waals surface area contributed by atoms with Gasteiger partial charge in [-0.15, -0.1) is 0 Å². The molecule has 0 N–H and O–H groups in total. The van der Waals surface area contributed by atoms with Gasteiger partial charge in [-0.25, -0.2) is 0 Å². The van der Waals surface area contributed by atoms with Crippen LogP contribution in [0.2, 0.25) is 0 Å². The zero-order chi connectivity index (χ0) is 15.6. The Hall–Kier alpha value is -0.630. The minimum Gasteiger partial charge on any atom is -0.493 e. The normalized spacial score (nSPS) is 14.2. The SMILES string of the molecule is Cc1ccc(C(C)(C)C)c(OCC(CS)C(C)(C)C)c1. The molecule has 1 unspecified atom stereocenters. The Morgan fingerprint density at radius 3 is 2.15 bits per heavy atom. The van der Waals surface area contributed by atoms with Crippen LogP contribution in [-0.4, -0.2) is 12.4 Å². The Balaban J connectivity index is 2.95. The Morgan fingerprint density at radius 1 is 1.10 bits per heavy atom. The van der Waals surface area contributed by atoms with Crippen molar-refractivity contribution >= 4 is 12.6 Å². The van der Waals surface area contributed by atoms with Crippen LogP contribution in [0.25, 0.3) is 0 Å². The van der Waals surface area contributed by atoms with E-state index in [1.54, 1.807) is 0 Å². The van der Waals surface area contributed by atoms with Crippen LogP contribution in [0.3, 0.4) is 0 Å². The third-order valence-electron chi connectivity index (χ3n) is 3.83. The molecule has 1 aromatic rings. The van der Waals surface area contributed by atoms with Gasteiger partial charge in [0.15, 0.2) is 0 Å². The zero-order valence-electron chi connectivity index (χ0n) is 14.1. The molecule has 0 saturated heterocycles. The molecule has 0 aromatic heterocycles. The summed E-state index contributed by atoms with van der Waals surface area (Å²) in [5.74, 6) is 2.31. The van der Waals surface area contributed by atoms with Gasteiger partial charge in [-0.3, -0.25) is 0 Å². The van der Waals surface area contributed by atoms with Crippen molar-refractivity contribution in [1.29, 1.82) is 0 Å². The van der Waals surface area contributed by atoms with Gasteiger partial charge in [0, 0.05) is 5.92 Å². The van der Waals surface area contributed by atoms with Crippen molar-refractivity contribution < 1.29 is 4.74 Å². The molecule has 0 spiro atoms. The van der Waals surface area contributed by atoms with Gasteiger partial charge in [-0.1, -0.05) is 53.7 Å². The maximum Gasteiger partial charge on any atom is 0.123 e. The monoisotopic (exact) mass is 294 g/mol. The molecule has 1 aromatic carbocycles. The van der Waals surface area contributed by atoms with E-state index in [9.17, 15) is 0 Å². The molecular weight excluding hydrogens is 264 g/mol. The van der Waals surface area contributed by atoms with Crippen LogP contribution in [0.1, 0.15) is 52.7 Å². The average molecular weight is 295 g/mol. The Kier molecular flexibility index (Phi) is 5.60. The largest absolute Gasteiger partial charge is 0.493 e. The standard InChI is InChI=1S/C18H30OS/c1-13-8-9-15(18(5,6)7)16(10-13)19-11-14(12-20)17(2,3)4/h8-10,14,20H,11-12H2,1-7H3. The topological polar surface area (TPSA) is 9.23 Å². The molecular formula is C18H30OS. The Morgan fingerprint density at radius 2 is 1.70 bits per heavy atom. The molecule has 2 heteroatoms. The lowest BCUT2D eigenvalue weighted by atomic mass is 9.82. The highest BCUT2D eigenvalue weighted by Crippen LogP contribution is 2.34. The maximum absolute atomic E-state index is 6.18. The Labute approximate surface area is 130 Å². The highest BCUT2D eigenvalue weighted by atomic mass is 32.1. The number of rotatable bonds is 4. The molecule has 0 aliphatic rings. The number of hydrogen-bond donors (Lipinski definition) is 1. The van der Waals surface area contributed by atoms with Crippen molar-refractivity contribution in [3.63, 3.8) is 0 Å². The van der Waals surface area contributed by atoms with Crippen LogP contribution in [0.5, 0.6) is 5.75 Å². The van der Waals surface area contributed by atoms with E-state index in [1.807, 2.05) is 0 Å². The van der Waals surface area contributed by atoms with E-state index in [4.69, 9.17) is 4.74 Å². The van der Waals surface area contributed by atoms with E-state index in [-0.39, 0.29) is 10.8 Å². The number of ether oxygens (including phenoxy) is 1. The highest BCUT2D eigenvalue weighted by molar-refractivity contribution is 7.80. The lowest BCUT2D eigenvalue weighted by Crippen LogP contribution is -2.28. The van der Waals surface area contributed by atoms with Crippen LogP contribution in [0.4, 0.5) is 0 Å². The van der Waals surface area contributed by atoms with E-state index in [0.717, 1.165) is 18.1 Å². The summed E-state index contributed by atoms with van der Waals surface area (Å²) < 4.78 is 6.18. The second-order valence-corrected chi connectivity index (χ2v) is 8.17. The third kappa shape index (κ3) is 4.73. The average Bonchev–Trinajstić information content (AvgIpc) is 2.26. The van der Waals surface area contributed by atoms with Crippen LogP contribution in [-0.2, 0) is 5.41 Å². The summed E-state index contributed by atoms with van der Waals surface area (Å²) >= 11 is 4.48. The predicted molar refractivity (Wildman–Crippen MR) is 92.2 cm³/mol. The lowest BCUT2D eigenvalue weighted by molar-refractivity contribution is 0.163. The van der Waals surface area contributed by atoms with Crippen molar-refractivity contribution in [2.75, 3.05) is 12.4 Å². The minimum absolute atomic E-state index is 0.0984. The molecule has 0 radical (unpaired) electrons. The molecule has 1 rings (SSSR count). The van der Waals surface area contributed by atoms with Gasteiger partial charge in [-0.2, -0.15) is 12.6 Å². The molecule has 0 aliphatic carbocycles. The summed E-state index contributed by atoms with van der Waals surface area (Å²) in [5.41, 5.74) is 2.83. The summed E-state index contributed by atoms with van der Waals surface area (Å²) in [6.45, 7) is 16.3. The second-order valence-electron chi connectivity index (χ2n) is 7.81. The van der Waals surface area contributed by atoms with Crippen molar-refractivity contribution in [3.05, 3.63) is 29.3 Å². The predicted octanol–water partition coefficient (Wildman–Crippen LogP) is 5.26. The summed E-state index contributed by atoms with van der Waals surface area (Å²) in [6, 6.07) is 6.50. The van der Waals surface area contributed by atoms with E-state index >= 15 is 0 Å². The van der Waals surface area contributed by atoms with Crippen LogP contribution in [0.15, 0.2) is 18.2 Å². The molecule has 0 bridgehead atoms. The zero-order valence-corrected chi connectivity index (χ0v) is 15.0. The highest BCUT2D eigenvalue weighted by Gasteiger charge is 2.25. The molecule has 0 amide bonds. The van der Waals surface area contributed by atoms with Gasteiger partial charge in [0.1, 0.15) is 5.75 Å². The van der Waals surface area contributed by atoms with Crippen molar-refractivity contribution in [3.8, 4) is 5.75 Å². The van der Waals surface area contributed by atoms with Gasteiger partial charge in [0.2, 0.25) is 0 Å². The molecule has 0 heterocycles. The van der Waals surface area contributed by atoms with Crippen LogP contribution in [0, 0.1) is 18.3 Å². The van der Waals surface area contributed by atoms with Crippen molar-refractivity contribution in [1.82, 2.24) is 0 Å². The van der Waals surface area contributed by atoms with E-state index < -0.39 is 0 Å². The van der Waals surface area contributed by atoms with Gasteiger partial charge in [0.05, 0.1) is 6.61 Å². The van der Waals surface area contributed by atoms with Crippen LogP contribution >= 0.6 is 12.6 Å². The fourth-order valence-corrected chi connectivity index (χ4v) is 2.79. The smallest absolute Gasteiger partial charge is 0.123 e. The number of aryl methyl sites for hydroxylation is 1. The summed E-state index contributed by atoms with van der Waals surface area (Å²) in [5, 5.41) is 0. The summed E-state index contributed by atoms with van der Waals surface area (Å²) in [7, 11) is 0. The van der Waals surface area contributed by atoms with Gasteiger partial charge < -0.3 is 4.74 Å². The second kappa shape index (κ2) is 6.43. The van der Waals surface area contributed by atoms with Crippen LogP contribution < -0.4 is 4.74 Å². The minimum atomic E-state index is 0.0984. The van der Waals surface area contributed by atoms with Crippen molar-refractivity contribution in [2.24, 2.45) is 11.3 Å². The lowest BCUT2D eigenvalue weighted by Gasteiger charge is -2.30. The molecule has 1 atom stereocenters. The summed E-state index contributed by atoms with van der Waals surface area (Å²) in [4.78, 5) is 0. The first kappa shape index (κ1) is 17.4. The Bertz CT molecular complexity index is 438. The fourth-order valence-electron chi connectivity index (χ4n) is 2.14. The quantitative estimate of drug-likeness (QED) is 0.745. The molecule has 114 valence electrons. The van der Waals surface area contributed by atoms with Crippen molar-refractivity contribution in [2.45, 2.75) is 53.9 Å². The fraction of sp³-hybridized carbons (Fsp3) is 0.667. The first-order valence-corrected chi connectivity index (χ1v) is 8.03. The van der Waals surface area contributed by atoms with Gasteiger partial charge in [-0.05, 0) is 40.7 Å².